The van der Waals surface area contributed by atoms with Crippen molar-refractivity contribution in [3.63, 3.8) is 0 Å². The number of sulfonamides is 1. The summed E-state index contributed by atoms with van der Waals surface area (Å²) in [6, 6.07) is 0. The topological polar surface area (TPSA) is 69.6 Å². The van der Waals surface area contributed by atoms with Gasteiger partial charge in [0.1, 0.15) is 0 Å². The van der Waals surface area contributed by atoms with Crippen LogP contribution in [0.4, 0.5) is 0 Å². The van der Waals surface area contributed by atoms with E-state index in [0.29, 0.717) is 13.1 Å². The first kappa shape index (κ1) is 16.2. The lowest BCUT2D eigenvalue weighted by atomic mass is 9.73. The number of rotatable bonds is 4. The average molecular weight is 304 g/mol. The van der Waals surface area contributed by atoms with E-state index in [2.05, 4.69) is 12.2 Å². The van der Waals surface area contributed by atoms with Gasteiger partial charge in [0, 0.05) is 19.6 Å². The van der Waals surface area contributed by atoms with E-state index in [9.17, 15) is 13.5 Å². The second-order valence-electron chi connectivity index (χ2n) is 6.50. The molecule has 3 atom stereocenters. The Balaban J connectivity index is 2.01. The quantitative estimate of drug-likeness (QED) is 0.806. The standard InChI is InChI=1S/C14H28N2O3S/c1-3-13-10-15-7-6-14(13,17)9-12-5-4-8-16(11-12)20(2,18)19/h12-13,15,17H,3-11H2,1-2H3. The maximum Gasteiger partial charge on any atom is 0.211 e. The molecule has 2 N–H and O–H groups in total. The van der Waals surface area contributed by atoms with Crippen molar-refractivity contribution < 1.29 is 13.5 Å². The number of nitrogens with one attached hydrogen (secondary N) is 1. The Labute approximate surface area is 122 Å². The molecule has 0 bridgehead atoms. The van der Waals surface area contributed by atoms with E-state index in [1.807, 2.05) is 0 Å². The summed E-state index contributed by atoms with van der Waals surface area (Å²) in [6.07, 6.45) is 5.69. The molecule has 2 heterocycles. The molecule has 2 aliphatic heterocycles. The predicted octanol–water partition coefficient (Wildman–Crippen LogP) is 0.799. The predicted molar refractivity (Wildman–Crippen MR) is 80.0 cm³/mol. The Morgan fingerprint density at radius 2 is 2.20 bits per heavy atom. The van der Waals surface area contributed by atoms with Gasteiger partial charge < -0.3 is 10.4 Å². The third-order valence-electron chi connectivity index (χ3n) is 4.97. The van der Waals surface area contributed by atoms with Gasteiger partial charge in [-0.2, -0.15) is 0 Å². The highest BCUT2D eigenvalue weighted by atomic mass is 32.2. The summed E-state index contributed by atoms with van der Waals surface area (Å²) in [6.45, 7) is 5.05. The van der Waals surface area contributed by atoms with Crippen LogP contribution >= 0.6 is 0 Å². The van der Waals surface area contributed by atoms with E-state index in [0.717, 1.165) is 45.2 Å². The molecule has 3 unspecified atom stereocenters. The van der Waals surface area contributed by atoms with Crippen molar-refractivity contribution >= 4 is 10.0 Å². The van der Waals surface area contributed by atoms with Crippen LogP contribution in [-0.4, -0.2) is 55.9 Å². The van der Waals surface area contributed by atoms with Crippen LogP contribution in [0.25, 0.3) is 0 Å². The zero-order valence-electron chi connectivity index (χ0n) is 12.6. The summed E-state index contributed by atoms with van der Waals surface area (Å²) >= 11 is 0. The van der Waals surface area contributed by atoms with Gasteiger partial charge in [-0.1, -0.05) is 6.92 Å². The van der Waals surface area contributed by atoms with Gasteiger partial charge in [0.25, 0.3) is 0 Å². The van der Waals surface area contributed by atoms with Crippen LogP contribution < -0.4 is 5.32 Å². The van der Waals surface area contributed by atoms with E-state index >= 15 is 0 Å². The van der Waals surface area contributed by atoms with Gasteiger partial charge in [-0.05, 0) is 50.5 Å². The number of hydrogen-bond acceptors (Lipinski definition) is 4. The molecule has 0 aromatic heterocycles. The van der Waals surface area contributed by atoms with Crippen molar-refractivity contribution in [3.05, 3.63) is 0 Å². The van der Waals surface area contributed by atoms with E-state index in [1.54, 1.807) is 4.31 Å². The first-order chi connectivity index (χ1) is 9.35. The Hall–Kier alpha value is -0.170. The highest BCUT2D eigenvalue weighted by Gasteiger charge is 2.40. The average Bonchev–Trinajstić information content (AvgIpc) is 2.38. The fourth-order valence-electron chi connectivity index (χ4n) is 3.76. The molecule has 6 heteroatoms. The number of hydrogen-bond donors (Lipinski definition) is 2. The second-order valence-corrected chi connectivity index (χ2v) is 8.48. The first-order valence-corrected chi connectivity index (χ1v) is 9.58. The summed E-state index contributed by atoms with van der Waals surface area (Å²) in [7, 11) is -3.10. The van der Waals surface area contributed by atoms with Crippen LogP contribution in [0.5, 0.6) is 0 Å². The molecule has 0 aromatic carbocycles. The van der Waals surface area contributed by atoms with Crippen LogP contribution in [0.15, 0.2) is 0 Å². The maximum atomic E-state index is 11.7. The summed E-state index contributed by atoms with van der Waals surface area (Å²) in [5.41, 5.74) is -0.620. The third kappa shape index (κ3) is 3.72. The summed E-state index contributed by atoms with van der Waals surface area (Å²) in [4.78, 5) is 0. The molecular weight excluding hydrogens is 276 g/mol. The van der Waals surface area contributed by atoms with Gasteiger partial charge >= 0.3 is 0 Å². The Morgan fingerprint density at radius 1 is 1.45 bits per heavy atom. The van der Waals surface area contributed by atoms with Crippen LogP contribution in [-0.2, 0) is 10.0 Å². The van der Waals surface area contributed by atoms with Gasteiger partial charge in [0.15, 0.2) is 0 Å². The lowest BCUT2D eigenvalue weighted by Crippen LogP contribution is -2.52. The molecule has 2 fully saturated rings. The normalized spacial score (nSPS) is 37.0. The highest BCUT2D eigenvalue weighted by molar-refractivity contribution is 7.88. The molecule has 5 nitrogen and oxygen atoms in total. The number of piperidine rings is 2. The molecule has 0 aromatic rings. The largest absolute Gasteiger partial charge is 0.389 e. The van der Waals surface area contributed by atoms with E-state index in [4.69, 9.17) is 0 Å². The van der Waals surface area contributed by atoms with Gasteiger partial charge in [-0.3, -0.25) is 0 Å². The van der Waals surface area contributed by atoms with Gasteiger partial charge in [0.05, 0.1) is 11.9 Å². The van der Waals surface area contributed by atoms with Gasteiger partial charge in [-0.25, -0.2) is 12.7 Å². The molecule has 2 rings (SSSR count). The SMILES string of the molecule is CCC1CNCCC1(O)CC1CCCN(S(C)(=O)=O)C1. The third-order valence-corrected chi connectivity index (χ3v) is 6.24. The monoisotopic (exact) mass is 304 g/mol. The molecule has 118 valence electrons. The minimum atomic E-state index is -3.10. The Bertz CT molecular complexity index is 426. The Kier molecular flexibility index (Phi) is 5.10. The molecule has 2 aliphatic rings. The fraction of sp³-hybridized carbons (Fsp3) is 1.00. The summed E-state index contributed by atoms with van der Waals surface area (Å²) < 4.78 is 24.9. The van der Waals surface area contributed by atoms with E-state index in [1.165, 1.54) is 6.26 Å². The molecular formula is C14H28N2O3S. The zero-order valence-corrected chi connectivity index (χ0v) is 13.5. The second kappa shape index (κ2) is 6.30. The highest BCUT2D eigenvalue weighted by Crippen LogP contribution is 2.36. The Morgan fingerprint density at radius 3 is 2.85 bits per heavy atom. The van der Waals surface area contributed by atoms with Crippen LogP contribution in [0.3, 0.4) is 0 Å². The van der Waals surface area contributed by atoms with Crippen LogP contribution in [0.1, 0.15) is 39.0 Å². The number of nitrogens with zero attached hydrogens (tertiary/aromatic N) is 1. The maximum absolute atomic E-state index is 11.7. The lowest BCUT2D eigenvalue weighted by molar-refractivity contribution is -0.0642. The van der Waals surface area contributed by atoms with E-state index in [-0.39, 0.29) is 11.8 Å². The van der Waals surface area contributed by atoms with Crippen molar-refractivity contribution in [2.24, 2.45) is 11.8 Å². The van der Waals surface area contributed by atoms with Crippen molar-refractivity contribution in [2.45, 2.75) is 44.6 Å². The molecule has 0 aliphatic carbocycles. The van der Waals surface area contributed by atoms with Crippen molar-refractivity contribution in [1.29, 1.82) is 0 Å². The molecule has 20 heavy (non-hydrogen) atoms. The molecule has 0 radical (unpaired) electrons. The minimum Gasteiger partial charge on any atom is -0.389 e. The minimum absolute atomic E-state index is 0.282. The van der Waals surface area contributed by atoms with Crippen molar-refractivity contribution in [3.8, 4) is 0 Å². The zero-order chi connectivity index (χ0) is 14.8. The molecule has 0 spiro atoms. The van der Waals surface area contributed by atoms with Gasteiger partial charge in [-0.15, -0.1) is 0 Å². The van der Waals surface area contributed by atoms with Crippen molar-refractivity contribution in [2.75, 3.05) is 32.4 Å². The summed E-state index contributed by atoms with van der Waals surface area (Å²) in [5.74, 6) is 0.570. The number of aliphatic hydroxyl groups is 1. The molecule has 2 saturated heterocycles. The van der Waals surface area contributed by atoms with Crippen LogP contribution in [0, 0.1) is 11.8 Å². The lowest BCUT2D eigenvalue weighted by Gasteiger charge is -2.43. The first-order valence-electron chi connectivity index (χ1n) is 7.73. The summed E-state index contributed by atoms with van der Waals surface area (Å²) in [5, 5.41) is 14.3. The molecule has 0 amide bonds. The van der Waals surface area contributed by atoms with E-state index < -0.39 is 15.6 Å². The molecule has 0 saturated carbocycles. The van der Waals surface area contributed by atoms with Crippen molar-refractivity contribution in [1.82, 2.24) is 9.62 Å². The van der Waals surface area contributed by atoms with Crippen LogP contribution in [0.2, 0.25) is 0 Å². The smallest absolute Gasteiger partial charge is 0.211 e. The van der Waals surface area contributed by atoms with Gasteiger partial charge in [0.2, 0.25) is 10.0 Å². The fourth-order valence-corrected chi connectivity index (χ4v) is 4.71.